The van der Waals surface area contributed by atoms with Crippen LogP contribution in [0, 0.1) is 0 Å². The van der Waals surface area contributed by atoms with Crippen molar-refractivity contribution in [2.24, 2.45) is 0 Å². The zero-order valence-corrected chi connectivity index (χ0v) is 14.2. The number of alkyl halides is 3. The molecule has 0 aromatic heterocycles. The zero-order valence-electron chi connectivity index (χ0n) is 10.5. The lowest BCUT2D eigenvalue weighted by molar-refractivity contribution is 0.757. The Morgan fingerprint density at radius 3 is 2.47 bits per heavy atom. The molecule has 1 aromatic rings. The molecule has 0 spiro atoms. The summed E-state index contributed by atoms with van der Waals surface area (Å²) in [4.78, 5) is -0.311. The molecule has 1 aromatic carbocycles. The highest BCUT2D eigenvalue weighted by Gasteiger charge is 2.17. The second-order valence-electron chi connectivity index (χ2n) is 4.97. The van der Waals surface area contributed by atoms with Gasteiger partial charge < -0.3 is 0 Å². The number of halogens is 3. The van der Waals surface area contributed by atoms with Crippen LogP contribution in [-0.2, 0) is 4.87 Å². The molecule has 0 N–H and O–H groups in total. The molecule has 0 saturated heterocycles. The molecule has 0 amide bonds. The molecule has 0 bridgehead atoms. The molecule has 0 heterocycles. The molecule has 0 aliphatic heterocycles. The Morgan fingerprint density at radius 2 is 1.94 bits per heavy atom. The quantitative estimate of drug-likeness (QED) is 0.550. The summed E-state index contributed by atoms with van der Waals surface area (Å²) in [6.07, 6.45) is 0. The first-order valence-corrected chi connectivity index (χ1v) is 8.95. The molecule has 17 heavy (non-hydrogen) atoms. The molecule has 0 nitrogen and oxygen atoms in total. The predicted molar refractivity (Wildman–Crippen MR) is 82.6 cm³/mol. The number of benzene rings is 1. The van der Waals surface area contributed by atoms with Crippen molar-refractivity contribution < 1.29 is 0 Å². The van der Waals surface area contributed by atoms with Crippen LogP contribution in [-0.4, -0.2) is 14.0 Å². The molecule has 0 radical (unpaired) electrons. The van der Waals surface area contributed by atoms with Crippen LogP contribution < -0.4 is 0 Å². The smallest absolute Gasteiger partial charge is 0.0908 e. The fourth-order valence-electron chi connectivity index (χ4n) is 1.76. The van der Waals surface area contributed by atoms with E-state index in [1.54, 1.807) is 0 Å². The maximum atomic E-state index is 6.33. The Hall–Kier alpha value is 0.307. The molecule has 1 rings (SSSR count). The highest BCUT2D eigenvalue weighted by atomic mass is 35.5. The summed E-state index contributed by atoms with van der Waals surface area (Å²) < 4.78 is -0.134. The Morgan fingerprint density at radius 1 is 1.29 bits per heavy atom. The summed E-state index contributed by atoms with van der Waals surface area (Å²) in [5, 5.41) is 0. The molecular weight excluding hydrogens is 291 g/mol. The van der Waals surface area contributed by atoms with Crippen LogP contribution in [0.3, 0.4) is 0 Å². The van der Waals surface area contributed by atoms with Gasteiger partial charge in [0.15, 0.2) is 0 Å². The average molecular weight is 310 g/mol. The third-order valence-corrected chi connectivity index (χ3v) is 6.12. The fraction of sp³-hybridized carbons (Fsp3) is 0.538. The third kappa shape index (κ3) is 5.21. The van der Waals surface area contributed by atoms with Crippen molar-refractivity contribution in [3.05, 3.63) is 35.4 Å². The summed E-state index contributed by atoms with van der Waals surface area (Å²) in [5.74, 6) is 0.514. The lowest BCUT2D eigenvalue weighted by atomic mass is 9.95. The normalized spacial score (nSPS) is 14.8. The van der Waals surface area contributed by atoms with Crippen LogP contribution in [0.25, 0.3) is 0 Å². The lowest BCUT2D eigenvalue weighted by Crippen LogP contribution is -2.10. The highest BCUT2D eigenvalue weighted by Crippen LogP contribution is 2.30. The first-order chi connectivity index (χ1) is 7.80. The van der Waals surface area contributed by atoms with Crippen molar-refractivity contribution in [2.75, 3.05) is 0 Å². The van der Waals surface area contributed by atoms with Gasteiger partial charge in [-0.05, 0) is 30.9 Å². The van der Waals surface area contributed by atoms with Gasteiger partial charge in [-0.2, -0.15) is 0 Å². The first kappa shape index (κ1) is 15.4. The summed E-state index contributed by atoms with van der Waals surface area (Å²) in [7, 11) is -0.394. The standard InChI is InChI=1S/C13H19Cl3Si/c1-9(8-17-12(14)15)10-5-4-6-11(7-10)13(2,3)16/h4-7,9,12H,8,17H2,1-3H3. The van der Waals surface area contributed by atoms with E-state index in [2.05, 4.69) is 31.2 Å². The largest absolute Gasteiger partial charge is 0.115 e. The van der Waals surface area contributed by atoms with E-state index >= 15 is 0 Å². The molecule has 0 saturated carbocycles. The molecule has 4 heteroatoms. The van der Waals surface area contributed by atoms with Gasteiger partial charge in [0.05, 0.1) is 18.9 Å². The Bertz CT molecular complexity index is 358. The van der Waals surface area contributed by atoms with Crippen molar-refractivity contribution in [1.29, 1.82) is 0 Å². The van der Waals surface area contributed by atoms with Gasteiger partial charge in [-0.25, -0.2) is 0 Å². The maximum Gasteiger partial charge on any atom is 0.0908 e. The van der Waals surface area contributed by atoms with Gasteiger partial charge in [0, 0.05) is 0 Å². The average Bonchev–Trinajstić information content (AvgIpc) is 2.25. The summed E-state index contributed by atoms with van der Waals surface area (Å²) in [6.45, 7) is 6.25. The maximum absolute atomic E-state index is 6.33. The van der Waals surface area contributed by atoms with E-state index in [0.29, 0.717) is 5.92 Å². The Labute approximate surface area is 121 Å². The monoisotopic (exact) mass is 308 g/mol. The number of hydrogen-bond donors (Lipinski definition) is 0. The van der Waals surface area contributed by atoms with Crippen molar-refractivity contribution in [2.45, 2.75) is 42.1 Å². The second kappa shape index (κ2) is 6.47. The minimum absolute atomic E-state index is 0.134. The van der Waals surface area contributed by atoms with Gasteiger partial charge in [-0.1, -0.05) is 37.2 Å². The van der Waals surface area contributed by atoms with Crippen LogP contribution in [0.2, 0.25) is 6.04 Å². The van der Waals surface area contributed by atoms with Crippen LogP contribution in [0.5, 0.6) is 0 Å². The second-order valence-corrected chi connectivity index (χ2v) is 10.2. The van der Waals surface area contributed by atoms with Crippen molar-refractivity contribution in [3.8, 4) is 0 Å². The minimum Gasteiger partial charge on any atom is -0.115 e. The van der Waals surface area contributed by atoms with Crippen molar-refractivity contribution in [1.82, 2.24) is 0 Å². The van der Waals surface area contributed by atoms with Crippen molar-refractivity contribution in [3.63, 3.8) is 0 Å². The molecule has 0 aliphatic rings. The van der Waals surface area contributed by atoms with E-state index in [-0.39, 0.29) is 9.33 Å². The highest BCUT2D eigenvalue weighted by molar-refractivity contribution is 6.68. The summed E-state index contributed by atoms with van der Waals surface area (Å²) in [5.41, 5.74) is 2.50. The number of hydrogen-bond acceptors (Lipinski definition) is 0. The van der Waals surface area contributed by atoms with E-state index < -0.39 is 9.52 Å². The summed E-state index contributed by atoms with van der Waals surface area (Å²) in [6, 6.07) is 9.63. The molecule has 96 valence electrons. The molecule has 1 unspecified atom stereocenters. The van der Waals surface area contributed by atoms with E-state index in [9.17, 15) is 0 Å². The predicted octanol–water partition coefficient (Wildman–Crippen LogP) is 4.61. The van der Waals surface area contributed by atoms with Gasteiger partial charge >= 0.3 is 0 Å². The third-order valence-electron chi connectivity index (χ3n) is 2.96. The topological polar surface area (TPSA) is 0 Å². The van der Waals surface area contributed by atoms with Gasteiger partial charge in [-0.15, -0.1) is 34.8 Å². The Balaban J connectivity index is 2.77. The van der Waals surface area contributed by atoms with Crippen molar-refractivity contribution >= 4 is 44.3 Å². The van der Waals surface area contributed by atoms with Crippen LogP contribution in [0.15, 0.2) is 24.3 Å². The lowest BCUT2D eigenvalue weighted by Gasteiger charge is -2.19. The number of rotatable bonds is 5. The first-order valence-electron chi connectivity index (χ1n) is 5.88. The zero-order chi connectivity index (χ0) is 13.1. The van der Waals surface area contributed by atoms with Gasteiger partial charge in [0.2, 0.25) is 0 Å². The molecule has 0 fully saturated rings. The molecule has 1 atom stereocenters. The van der Waals surface area contributed by atoms with E-state index in [0.717, 1.165) is 6.04 Å². The Kier molecular flexibility index (Phi) is 5.84. The van der Waals surface area contributed by atoms with Crippen LogP contribution in [0.1, 0.15) is 37.8 Å². The van der Waals surface area contributed by atoms with E-state index in [1.807, 2.05) is 13.8 Å². The molecule has 0 aliphatic carbocycles. The molecular formula is C13H19Cl3Si. The SMILES string of the molecule is CC(C[SiH2]C(Cl)Cl)c1cccc(C(C)(C)Cl)c1. The summed E-state index contributed by atoms with van der Waals surface area (Å²) >= 11 is 18.0. The minimum atomic E-state index is -0.394. The van der Waals surface area contributed by atoms with Gasteiger partial charge in [0.1, 0.15) is 0 Å². The van der Waals surface area contributed by atoms with Gasteiger partial charge in [0.25, 0.3) is 0 Å². The fourth-order valence-corrected chi connectivity index (χ4v) is 3.72. The van der Waals surface area contributed by atoms with Gasteiger partial charge in [-0.3, -0.25) is 0 Å². The van der Waals surface area contributed by atoms with Crippen LogP contribution >= 0.6 is 34.8 Å². The van der Waals surface area contributed by atoms with E-state index in [1.165, 1.54) is 11.1 Å². The van der Waals surface area contributed by atoms with Crippen LogP contribution in [0.4, 0.5) is 0 Å². The van der Waals surface area contributed by atoms with E-state index in [4.69, 9.17) is 34.8 Å².